The molecule has 3 rings (SSSR count). The highest BCUT2D eigenvalue weighted by atomic mass is 35.5. The van der Waals surface area contributed by atoms with Crippen molar-refractivity contribution in [1.82, 2.24) is 19.5 Å². The van der Waals surface area contributed by atoms with E-state index in [1.807, 2.05) is 16.7 Å². The number of hydrogen-bond donors (Lipinski definition) is 2. The van der Waals surface area contributed by atoms with Crippen LogP contribution in [0.15, 0.2) is 18.5 Å². The SMILES string of the molecule is Nc1nc(Cl)c2ncn([C@@H]3C=C[C@@H](CO)C3)c2n1. The average Bonchev–Trinajstić information content (AvgIpc) is 2.93. The van der Waals surface area contributed by atoms with Gasteiger partial charge in [0.1, 0.15) is 5.52 Å². The Morgan fingerprint density at radius 2 is 2.28 bits per heavy atom. The zero-order chi connectivity index (χ0) is 12.7. The van der Waals surface area contributed by atoms with Crippen molar-refractivity contribution in [2.45, 2.75) is 12.5 Å². The van der Waals surface area contributed by atoms with Crippen molar-refractivity contribution in [2.24, 2.45) is 5.92 Å². The van der Waals surface area contributed by atoms with E-state index in [1.54, 1.807) is 6.33 Å². The predicted molar refractivity (Wildman–Crippen MR) is 68.1 cm³/mol. The Labute approximate surface area is 108 Å². The lowest BCUT2D eigenvalue weighted by Gasteiger charge is -2.12. The van der Waals surface area contributed by atoms with E-state index in [-0.39, 0.29) is 29.7 Å². The fraction of sp³-hybridized carbons (Fsp3) is 0.364. The first kappa shape index (κ1) is 11.4. The molecule has 2 atom stereocenters. The molecule has 0 aromatic carbocycles. The van der Waals surface area contributed by atoms with Crippen molar-refractivity contribution in [2.75, 3.05) is 12.3 Å². The summed E-state index contributed by atoms with van der Waals surface area (Å²) in [6.45, 7) is 0.150. The third kappa shape index (κ3) is 1.74. The molecular formula is C11H12ClN5O. The summed E-state index contributed by atoms with van der Waals surface area (Å²) in [5, 5.41) is 9.40. The molecule has 2 aromatic rings. The van der Waals surface area contributed by atoms with Crippen molar-refractivity contribution in [3.8, 4) is 0 Å². The molecule has 0 spiro atoms. The van der Waals surface area contributed by atoms with Gasteiger partial charge in [0, 0.05) is 12.5 Å². The number of aliphatic hydroxyl groups is 1. The quantitative estimate of drug-likeness (QED) is 0.628. The van der Waals surface area contributed by atoms with Gasteiger partial charge in [-0.2, -0.15) is 9.97 Å². The van der Waals surface area contributed by atoms with E-state index in [0.29, 0.717) is 11.2 Å². The number of aromatic nitrogens is 4. The highest BCUT2D eigenvalue weighted by Gasteiger charge is 2.22. The summed E-state index contributed by atoms with van der Waals surface area (Å²) in [7, 11) is 0. The molecule has 18 heavy (non-hydrogen) atoms. The Morgan fingerprint density at radius 3 is 3.00 bits per heavy atom. The van der Waals surface area contributed by atoms with Crippen molar-refractivity contribution >= 4 is 28.7 Å². The van der Waals surface area contributed by atoms with Gasteiger partial charge in [-0.3, -0.25) is 0 Å². The van der Waals surface area contributed by atoms with Crippen molar-refractivity contribution < 1.29 is 5.11 Å². The maximum absolute atomic E-state index is 9.14. The minimum Gasteiger partial charge on any atom is -0.396 e. The maximum Gasteiger partial charge on any atom is 0.223 e. The Hall–Kier alpha value is -1.66. The maximum atomic E-state index is 9.14. The van der Waals surface area contributed by atoms with Crippen LogP contribution in [0, 0.1) is 5.92 Å². The number of imidazole rings is 1. The van der Waals surface area contributed by atoms with Gasteiger partial charge in [-0.25, -0.2) is 4.98 Å². The van der Waals surface area contributed by atoms with Crippen molar-refractivity contribution in [3.05, 3.63) is 23.6 Å². The van der Waals surface area contributed by atoms with Gasteiger partial charge in [-0.1, -0.05) is 23.8 Å². The molecule has 0 fully saturated rings. The summed E-state index contributed by atoms with van der Waals surface area (Å²) in [5.74, 6) is 0.317. The first-order valence-corrected chi connectivity index (χ1v) is 6.01. The topological polar surface area (TPSA) is 89.8 Å². The number of aliphatic hydroxyl groups excluding tert-OH is 1. The summed E-state index contributed by atoms with van der Waals surface area (Å²) in [6, 6.07) is 0.123. The molecule has 7 heteroatoms. The zero-order valence-electron chi connectivity index (χ0n) is 9.49. The van der Waals surface area contributed by atoms with Crippen molar-refractivity contribution in [1.29, 1.82) is 0 Å². The average molecular weight is 266 g/mol. The molecule has 0 saturated heterocycles. The lowest BCUT2D eigenvalue weighted by Crippen LogP contribution is -2.08. The third-order valence-corrected chi connectivity index (χ3v) is 3.40. The predicted octanol–water partition coefficient (Wildman–Crippen LogP) is 1.17. The Kier molecular flexibility index (Phi) is 2.68. The summed E-state index contributed by atoms with van der Waals surface area (Å²) >= 11 is 5.97. The van der Waals surface area contributed by atoms with E-state index in [2.05, 4.69) is 15.0 Å². The molecule has 0 saturated carbocycles. The van der Waals surface area contributed by atoms with Crippen molar-refractivity contribution in [3.63, 3.8) is 0 Å². The van der Waals surface area contributed by atoms with E-state index < -0.39 is 0 Å². The second-order valence-corrected chi connectivity index (χ2v) is 4.69. The molecule has 0 aliphatic heterocycles. The van der Waals surface area contributed by atoms with Gasteiger partial charge < -0.3 is 15.4 Å². The second-order valence-electron chi connectivity index (χ2n) is 4.33. The van der Waals surface area contributed by atoms with Gasteiger partial charge in [0.25, 0.3) is 0 Å². The van der Waals surface area contributed by atoms with Gasteiger partial charge in [0.2, 0.25) is 5.95 Å². The van der Waals surface area contributed by atoms with Crippen LogP contribution in [0.4, 0.5) is 5.95 Å². The van der Waals surface area contributed by atoms with Crippen LogP contribution in [-0.4, -0.2) is 31.2 Å². The third-order valence-electron chi connectivity index (χ3n) is 3.14. The van der Waals surface area contributed by atoms with Crippen LogP contribution in [0.2, 0.25) is 5.15 Å². The molecule has 94 valence electrons. The van der Waals surface area contributed by atoms with E-state index in [0.717, 1.165) is 6.42 Å². The number of hydrogen-bond acceptors (Lipinski definition) is 5. The number of anilines is 1. The van der Waals surface area contributed by atoms with Crippen LogP contribution in [0.25, 0.3) is 11.2 Å². The smallest absolute Gasteiger partial charge is 0.223 e. The standard InChI is InChI=1S/C11H12ClN5O/c12-9-8-10(16-11(13)15-9)17(5-14-8)7-2-1-6(3-7)4-18/h1-2,5-7,18H,3-4H2,(H2,13,15,16)/t6-,7-/m1/s1. The first-order valence-electron chi connectivity index (χ1n) is 5.63. The first-order chi connectivity index (χ1) is 8.69. The number of nitrogens with zero attached hydrogens (tertiary/aromatic N) is 4. The normalized spacial score (nSPS) is 23.0. The van der Waals surface area contributed by atoms with Gasteiger partial charge in [0.15, 0.2) is 10.8 Å². The number of nitrogens with two attached hydrogens (primary N) is 1. The molecule has 0 amide bonds. The fourth-order valence-electron chi connectivity index (χ4n) is 2.23. The fourth-order valence-corrected chi connectivity index (χ4v) is 2.45. The number of nitrogen functional groups attached to an aromatic ring is 1. The lowest BCUT2D eigenvalue weighted by molar-refractivity contribution is 0.244. The number of rotatable bonds is 2. The van der Waals surface area contributed by atoms with Crippen LogP contribution in [-0.2, 0) is 0 Å². The van der Waals surface area contributed by atoms with E-state index >= 15 is 0 Å². The number of halogens is 1. The van der Waals surface area contributed by atoms with Crippen LogP contribution >= 0.6 is 11.6 Å². The molecular weight excluding hydrogens is 254 g/mol. The summed E-state index contributed by atoms with van der Waals surface area (Å²) in [5.41, 5.74) is 6.77. The van der Waals surface area contributed by atoms with Gasteiger partial charge in [0.05, 0.1) is 12.4 Å². The lowest BCUT2D eigenvalue weighted by atomic mass is 10.1. The van der Waals surface area contributed by atoms with Gasteiger partial charge >= 0.3 is 0 Å². The van der Waals surface area contributed by atoms with Gasteiger partial charge in [-0.15, -0.1) is 0 Å². The molecule has 2 heterocycles. The van der Waals surface area contributed by atoms with Crippen LogP contribution in [0.3, 0.4) is 0 Å². The zero-order valence-corrected chi connectivity index (χ0v) is 10.2. The van der Waals surface area contributed by atoms with E-state index in [4.69, 9.17) is 22.4 Å². The van der Waals surface area contributed by atoms with Gasteiger partial charge in [-0.05, 0) is 6.42 Å². The summed E-state index contributed by atoms with van der Waals surface area (Å²) in [6.07, 6.45) is 6.54. The Balaban J connectivity index is 2.06. The largest absolute Gasteiger partial charge is 0.396 e. The highest BCUT2D eigenvalue weighted by Crippen LogP contribution is 2.30. The molecule has 1 aliphatic carbocycles. The molecule has 2 aromatic heterocycles. The molecule has 0 bridgehead atoms. The highest BCUT2D eigenvalue weighted by molar-refractivity contribution is 6.33. The second kappa shape index (κ2) is 4.22. The Bertz CT molecular complexity index is 623. The van der Waals surface area contributed by atoms with Crippen LogP contribution in [0.1, 0.15) is 12.5 Å². The minimum absolute atomic E-state index is 0.123. The summed E-state index contributed by atoms with van der Waals surface area (Å²) in [4.78, 5) is 12.3. The van der Waals surface area contributed by atoms with E-state index in [9.17, 15) is 0 Å². The molecule has 6 nitrogen and oxygen atoms in total. The monoisotopic (exact) mass is 265 g/mol. The summed E-state index contributed by atoms with van der Waals surface area (Å²) < 4.78 is 1.91. The van der Waals surface area contributed by atoms with Crippen LogP contribution < -0.4 is 5.73 Å². The number of fused-ring (bicyclic) bond motifs is 1. The van der Waals surface area contributed by atoms with E-state index in [1.165, 1.54) is 0 Å². The molecule has 0 unspecified atom stereocenters. The molecule has 0 radical (unpaired) electrons. The Morgan fingerprint density at radius 1 is 1.44 bits per heavy atom. The molecule has 3 N–H and O–H groups in total. The molecule has 1 aliphatic rings. The number of allylic oxidation sites excluding steroid dienone is 1. The minimum atomic E-state index is 0.123. The van der Waals surface area contributed by atoms with Crippen LogP contribution in [0.5, 0.6) is 0 Å².